The molecule has 6 nitrogen and oxygen atoms in total. The number of carbonyl (C=O) groups excluding carboxylic acids is 1. The Morgan fingerprint density at radius 2 is 1.92 bits per heavy atom. The summed E-state index contributed by atoms with van der Waals surface area (Å²) < 4.78 is 14.6. The van der Waals surface area contributed by atoms with Gasteiger partial charge in [-0.05, 0) is 36.4 Å². The number of nitrogens with one attached hydrogen (secondary N) is 2. The highest BCUT2D eigenvalue weighted by atomic mass is 19.1. The van der Waals surface area contributed by atoms with Crippen LogP contribution in [0.3, 0.4) is 0 Å². The number of hydrogen-bond acceptors (Lipinski definition) is 3. The van der Waals surface area contributed by atoms with Crippen LogP contribution in [0.2, 0.25) is 0 Å². The van der Waals surface area contributed by atoms with Crippen LogP contribution in [-0.2, 0) is 0 Å². The molecule has 2 aromatic heterocycles. The molecule has 7 heteroatoms. The normalized spacial score (nSPS) is 10.9. The molecular formula is C17H12FN5O. The van der Waals surface area contributed by atoms with E-state index in [1.165, 1.54) is 24.7 Å². The minimum Gasteiger partial charge on any atom is -0.324 e. The summed E-state index contributed by atoms with van der Waals surface area (Å²) in [5.74, 6) is -0.351. The van der Waals surface area contributed by atoms with Crippen LogP contribution in [0.15, 0.2) is 61.1 Å². The maximum atomic E-state index is 13.1. The summed E-state index contributed by atoms with van der Waals surface area (Å²) in [5, 5.41) is 2.71. The Morgan fingerprint density at radius 1 is 1.12 bits per heavy atom. The fraction of sp³-hybridized carbons (Fsp3) is 0. The maximum Gasteiger partial charge on any atom is 0.276 e. The van der Waals surface area contributed by atoms with Gasteiger partial charge in [0.2, 0.25) is 5.95 Å². The number of imidazole rings is 2. The number of aromatic nitrogens is 4. The molecular weight excluding hydrogens is 309 g/mol. The summed E-state index contributed by atoms with van der Waals surface area (Å²) in [7, 11) is 0. The lowest BCUT2D eigenvalue weighted by atomic mass is 10.3. The molecule has 1 amide bonds. The molecule has 0 saturated carbocycles. The first-order valence-corrected chi connectivity index (χ1v) is 7.25. The first kappa shape index (κ1) is 14.1. The van der Waals surface area contributed by atoms with Crippen molar-refractivity contribution in [3.8, 4) is 5.69 Å². The summed E-state index contributed by atoms with van der Waals surface area (Å²) in [5.41, 5.74) is 2.56. The summed E-state index contributed by atoms with van der Waals surface area (Å²) >= 11 is 0. The number of amides is 1. The average Bonchev–Trinajstić information content (AvgIpc) is 3.21. The number of anilines is 1. The number of nitrogens with zero attached hydrogens (tertiary/aromatic N) is 3. The van der Waals surface area contributed by atoms with E-state index in [9.17, 15) is 9.18 Å². The Labute approximate surface area is 136 Å². The van der Waals surface area contributed by atoms with Gasteiger partial charge in [0.15, 0.2) is 0 Å². The number of rotatable bonds is 3. The van der Waals surface area contributed by atoms with Crippen molar-refractivity contribution < 1.29 is 9.18 Å². The van der Waals surface area contributed by atoms with Gasteiger partial charge in [0.1, 0.15) is 11.5 Å². The Kier molecular flexibility index (Phi) is 3.31. The van der Waals surface area contributed by atoms with Crippen molar-refractivity contribution in [3.63, 3.8) is 0 Å². The van der Waals surface area contributed by atoms with Gasteiger partial charge in [-0.2, -0.15) is 0 Å². The molecule has 24 heavy (non-hydrogen) atoms. The van der Waals surface area contributed by atoms with E-state index in [-0.39, 0.29) is 11.7 Å². The Bertz CT molecular complexity index is 986. The van der Waals surface area contributed by atoms with Gasteiger partial charge >= 0.3 is 0 Å². The standard InChI is InChI=1S/C17H12FN5O/c18-11-5-7-12(8-6-11)23-10-19-9-15(23)16(24)22-17-20-13-3-1-2-4-14(13)21-17/h1-10H,(H2,20,21,22,24). The van der Waals surface area contributed by atoms with Crippen molar-refractivity contribution in [2.45, 2.75) is 0 Å². The molecule has 0 unspecified atom stereocenters. The quantitative estimate of drug-likeness (QED) is 0.608. The van der Waals surface area contributed by atoms with E-state index >= 15 is 0 Å². The number of carbonyl (C=O) groups is 1. The lowest BCUT2D eigenvalue weighted by Gasteiger charge is -2.07. The average molecular weight is 321 g/mol. The fourth-order valence-corrected chi connectivity index (χ4v) is 2.45. The van der Waals surface area contributed by atoms with Crippen molar-refractivity contribution in [3.05, 3.63) is 72.6 Å². The van der Waals surface area contributed by atoms with Crippen molar-refractivity contribution in [2.24, 2.45) is 0 Å². The van der Waals surface area contributed by atoms with Crippen LogP contribution < -0.4 is 5.32 Å². The number of hydrogen-bond donors (Lipinski definition) is 2. The van der Waals surface area contributed by atoms with Gasteiger partial charge in [0, 0.05) is 5.69 Å². The summed E-state index contributed by atoms with van der Waals surface area (Å²) in [6, 6.07) is 13.3. The molecule has 2 aromatic carbocycles. The third-order valence-corrected chi connectivity index (χ3v) is 3.60. The van der Waals surface area contributed by atoms with E-state index in [4.69, 9.17) is 0 Å². The maximum absolute atomic E-state index is 13.1. The van der Waals surface area contributed by atoms with Gasteiger partial charge in [-0.3, -0.25) is 14.7 Å². The van der Waals surface area contributed by atoms with Gasteiger partial charge in [-0.1, -0.05) is 12.1 Å². The Morgan fingerprint density at radius 3 is 2.71 bits per heavy atom. The molecule has 0 radical (unpaired) electrons. The molecule has 2 N–H and O–H groups in total. The minimum absolute atomic E-state index is 0.321. The number of H-pyrrole nitrogens is 1. The van der Waals surface area contributed by atoms with Crippen molar-refractivity contribution in [1.29, 1.82) is 0 Å². The molecule has 4 aromatic rings. The van der Waals surface area contributed by atoms with Crippen LogP contribution in [-0.4, -0.2) is 25.4 Å². The third-order valence-electron chi connectivity index (χ3n) is 3.60. The van der Waals surface area contributed by atoms with Gasteiger partial charge in [-0.15, -0.1) is 0 Å². The highest BCUT2D eigenvalue weighted by Crippen LogP contribution is 2.16. The second kappa shape index (κ2) is 5.62. The molecule has 0 atom stereocenters. The lowest BCUT2D eigenvalue weighted by Crippen LogP contribution is -2.16. The Balaban J connectivity index is 1.63. The number of benzene rings is 2. The van der Waals surface area contributed by atoms with Gasteiger partial charge in [0.05, 0.1) is 23.6 Å². The molecule has 0 aliphatic rings. The van der Waals surface area contributed by atoms with E-state index in [0.717, 1.165) is 11.0 Å². The first-order valence-electron chi connectivity index (χ1n) is 7.25. The summed E-state index contributed by atoms with van der Waals surface area (Å²) in [6.45, 7) is 0. The van der Waals surface area contributed by atoms with Crippen molar-refractivity contribution in [1.82, 2.24) is 19.5 Å². The number of aromatic amines is 1. The number of fused-ring (bicyclic) bond motifs is 1. The van der Waals surface area contributed by atoms with E-state index < -0.39 is 0 Å². The third kappa shape index (κ3) is 2.52. The molecule has 0 aliphatic heterocycles. The van der Waals surface area contributed by atoms with Gasteiger partial charge in [0.25, 0.3) is 5.91 Å². The zero-order chi connectivity index (χ0) is 16.5. The molecule has 0 spiro atoms. The zero-order valence-electron chi connectivity index (χ0n) is 12.4. The number of halogens is 1. The predicted molar refractivity (Wildman–Crippen MR) is 87.6 cm³/mol. The monoisotopic (exact) mass is 321 g/mol. The largest absolute Gasteiger partial charge is 0.324 e. The fourth-order valence-electron chi connectivity index (χ4n) is 2.45. The van der Waals surface area contributed by atoms with E-state index in [2.05, 4.69) is 20.3 Å². The highest BCUT2D eigenvalue weighted by Gasteiger charge is 2.15. The van der Waals surface area contributed by atoms with Crippen LogP contribution in [0.1, 0.15) is 10.5 Å². The Hall–Kier alpha value is -3.48. The van der Waals surface area contributed by atoms with Gasteiger partial charge < -0.3 is 4.98 Å². The van der Waals surface area contributed by atoms with Crippen LogP contribution >= 0.6 is 0 Å². The summed E-state index contributed by atoms with van der Waals surface area (Å²) in [6.07, 6.45) is 2.95. The molecule has 118 valence electrons. The molecule has 4 rings (SSSR count). The van der Waals surface area contributed by atoms with Crippen molar-refractivity contribution in [2.75, 3.05) is 5.32 Å². The second-order valence-electron chi connectivity index (χ2n) is 5.18. The van der Waals surface area contributed by atoms with Crippen LogP contribution in [0, 0.1) is 5.82 Å². The molecule has 0 bridgehead atoms. The van der Waals surface area contributed by atoms with E-state index in [0.29, 0.717) is 17.3 Å². The van der Waals surface area contributed by atoms with Crippen LogP contribution in [0.5, 0.6) is 0 Å². The minimum atomic E-state index is -0.365. The highest BCUT2D eigenvalue weighted by molar-refractivity contribution is 6.03. The zero-order valence-corrected chi connectivity index (χ0v) is 12.4. The smallest absolute Gasteiger partial charge is 0.276 e. The van der Waals surface area contributed by atoms with Gasteiger partial charge in [-0.25, -0.2) is 14.4 Å². The molecule has 2 heterocycles. The molecule has 0 fully saturated rings. The van der Waals surface area contributed by atoms with Crippen LogP contribution in [0.4, 0.5) is 10.3 Å². The van der Waals surface area contributed by atoms with E-state index in [1.807, 2.05) is 24.3 Å². The number of para-hydroxylation sites is 2. The molecule has 0 saturated heterocycles. The topological polar surface area (TPSA) is 75.6 Å². The van der Waals surface area contributed by atoms with Crippen LogP contribution in [0.25, 0.3) is 16.7 Å². The molecule has 0 aliphatic carbocycles. The SMILES string of the molecule is O=C(Nc1nc2ccccc2[nH]1)c1cncn1-c1ccc(F)cc1. The first-order chi connectivity index (χ1) is 11.7. The second-order valence-corrected chi connectivity index (χ2v) is 5.18. The summed E-state index contributed by atoms with van der Waals surface area (Å²) in [4.78, 5) is 23.9. The predicted octanol–water partition coefficient (Wildman–Crippen LogP) is 3.14. The lowest BCUT2D eigenvalue weighted by molar-refractivity contribution is 0.102. The van der Waals surface area contributed by atoms with Crippen molar-refractivity contribution >= 4 is 22.9 Å². The van der Waals surface area contributed by atoms with E-state index in [1.54, 1.807) is 16.7 Å².